The van der Waals surface area contributed by atoms with Gasteiger partial charge in [-0.05, 0) is 58.0 Å². The number of benzene rings is 2. The molecule has 0 spiro atoms. The second-order valence-corrected chi connectivity index (χ2v) is 4.56. The zero-order valence-electron chi connectivity index (χ0n) is 9.01. The molecule has 4 heteroatoms. The van der Waals surface area contributed by atoms with E-state index < -0.39 is 11.6 Å². The van der Waals surface area contributed by atoms with Crippen LogP contribution in [0.4, 0.5) is 8.78 Å². The van der Waals surface area contributed by atoms with Gasteiger partial charge in [0.15, 0.2) is 0 Å². The fourth-order valence-electron chi connectivity index (χ4n) is 1.52. The Kier molecular flexibility index (Phi) is 3.61. The summed E-state index contributed by atoms with van der Waals surface area (Å²) in [5.74, 6) is -0.450. The molecular formula is C13H9F2IO. The van der Waals surface area contributed by atoms with Crippen molar-refractivity contribution in [2.45, 2.75) is 0 Å². The van der Waals surface area contributed by atoms with E-state index in [4.69, 9.17) is 4.74 Å². The van der Waals surface area contributed by atoms with E-state index >= 15 is 0 Å². The Bertz CT molecular complexity index is 532. The van der Waals surface area contributed by atoms with Gasteiger partial charge in [-0.15, -0.1) is 0 Å². The molecule has 0 aliphatic carbocycles. The normalized spacial score (nSPS) is 10.4. The molecule has 0 saturated heterocycles. The van der Waals surface area contributed by atoms with Gasteiger partial charge in [0, 0.05) is 0 Å². The van der Waals surface area contributed by atoms with Crippen LogP contribution in [0.15, 0.2) is 36.4 Å². The van der Waals surface area contributed by atoms with E-state index in [9.17, 15) is 8.78 Å². The maximum atomic E-state index is 13.4. The van der Waals surface area contributed by atoms with Crippen LogP contribution in [-0.4, -0.2) is 7.11 Å². The Morgan fingerprint density at radius 3 is 2.24 bits per heavy atom. The lowest BCUT2D eigenvalue weighted by molar-refractivity contribution is 0.415. The molecule has 0 aliphatic rings. The molecule has 0 N–H and O–H groups in total. The highest BCUT2D eigenvalue weighted by Gasteiger charge is 2.09. The smallest absolute Gasteiger partial charge is 0.140 e. The first-order valence-electron chi connectivity index (χ1n) is 4.91. The van der Waals surface area contributed by atoms with Crippen LogP contribution in [0.1, 0.15) is 0 Å². The van der Waals surface area contributed by atoms with Gasteiger partial charge in [-0.3, -0.25) is 0 Å². The van der Waals surface area contributed by atoms with Crippen LogP contribution < -0.4 is 4.74 Å². The molecule has 0 aromatic heterocycles. The third-order valence-corrected chi connectivity index (χ3v) is 3.42. The second-order valence-electron chi connectivity index (χ2n) is 3.49. The molecule has 1 nitrogen and oxygen atoms in total. The Morgan fingerprint density at radius 1 is 1.00 bits per heavy atom. The van der Waals surface area contributed by atoms with Gasteiger partial charge in [0.1, 0.15) is 17.4 Å². The quantitative estimate of drug-likeness (QED) is 0.584. The lowest BCUT2D eigenvalue weighted by Crippen LogP contribution is -1.91. The van der Waals surface area contributed by atoms with E-state index in [0.29, 0.717) is 11.3 Å². The van der Waals surface area contributed by atoms with Crippen LogP contribution in [-0.2, 0) is 0 Å². The van der Waals surface area contributed by atoms with Crippen molar-refractivity contribution in [2.75, 3.05) is 7.11 Å². The monoisotopic (exact) mass is 346 g/mol. The molecule has 0 bridgehead atoms. The van der Waals surface area contributed by atoms with Gasteiger partial charge >= 0.3 is 0 Å². The minimum atomic E-state index is -0.552. The van der Waals surface area contributed by atoms with E-state index in [1.54, 1.807) is 54.0 Å². The van der Waals surface area contributed by atoms with E-state index in [1.165, 1.54) is 12.1 Å². The fraction of sp³-hybridized carbons (Fsp3) is 0.0769. The molecular weight excluding hydrogens is 337 g/mol. The predicted octanol–water partition coefficient (Wildman–Crippen LogP) is 4.25. The SMILES string of the molecule is COc1cccc(-c2cc(F)c(I)c(F)c2)c1. The average molecular weight is 346 g/mol. The van der Waals surface area contributed by atoms with Crippen molar-refractivity contribution < 1.29 is 13.5 Å². The summed E-state index contributed by atoms with van der Waals surface area (Å²) in [4.78, 5) is 0. The number of hydrogen-bond acceptors (Lipinski definition) is 1. The van der Waals surface area contributed by atoms with E-state index in [2.05, 4.69) is 0 Å². The van der Waals surface area contributed by atoms with Gasteiger partial charge in [0.05, 0.1) is 10.7 Å². The first-order valence-corrected chi connectivity index (χ1v) is 5.98. The first-order chi connectivity index (χ1) is 8.11. The number of ether oxygens (including phenoxy) is 1. The zero-order valence-corrected chi connectivity index (χ0v) is 11.2. The van der Waals surface area contributed by atoms with Gasteiger partial charge in [-0.25, -0.2) is 8.78 Å². The topological polar surface area (TPSA) is 9.23 Å². The number of methoxy groups -OCH3 is 1. The lowest BCUT2D eigenvalue weighted by atomic mass is 10.1. The van der Waals surface area contributed by atoms with Crippen molar-refractivity contribution >= 4 is 22.6 Å². The molecule has 2 aromatic carbocycles. The fourth-order valence-corrected chi connectivity index (χ4v) is 1.84. The minimum absolute atomic E-state index is 0.00856. The Hall–Kier alpha value is -1.17. The molecule has 17 heavy (non-hydrogen) atoms. The summed E-state index contributed by atoms with van der Waals surface area (Å²) in [7, 11) is 1.55. The molecule has 0 unspecified atom stereocenters. The van der Waals surface area contributed by atoms with E-state index in [-0.39, 0.29) is 3.57 Å². The number of halogens is 3. The first kappa shape index (κ1) is 12.3. The Labute approximate surface area is 112 Å². The summed E-state index contributed by atoms with van der Waals surface area (Å²) in [5.41, 5.74) is 1.22. The van der Waals surface area contributed by atoms with Crippen molar-refractivity contribution in [3.8, 4) is 16.9 Å². The maximum Gasteiger partial charge on any atom is 0.140 e. The number of rotatable bonds is 2. The molecule has 0 heterocycles. The maximum absolute atomic E-state index is 13.4. The third-order valence-electron chi connectivity index (χ3n) is 2.39. The van der Waals surface area contributed by atoms with Gasteiger partial charge in [0.25, 0.3) is 0 Å². The summed E-state index contributed by atoms with van der Waals surface area (Å²) in [6.07, 6.45) is 0. The molecule has 0 saturated carbocycles. The summed E-state index contributed by atoms with van der Waals surface area (Å²) in [6.45, 7) is 0. The highest BCUT2D eigenvalue weighted by molar-refractivity contribution is 14.1. The molecule has 0 fully saturated rings. The summed E-state index contributed by atoms with van der Waals surface area (Å²) < 4.78 is 31.9. The highest BCUT2D eigenvalue weighted by Crippen LogP contribution is 2.27. The van der Waals surface area contributed by atoms with E-state index in [0.717, 1.165) is 5.56 Å². The minimum Gasteiger partial charge on any atom is -0.497 e. The molecule has 0 radical (unpaired) electrons. The molecule has 0 atom stereocenters. The number of hydrogen-bond donors (Lipinski definition) is 0. The zero-order chi connectivity index (χ0) is 12.4. The van der Waals surface area contributed by atoms with Gasteiger partial charge < -0.3 is 4.74 Å². The summed E-state index contributed by atoms with van der Waals surface area (Å²) >= 11 is 1.64. The van der Waals surface area contributed by atoms with Crippen LogP contribution in [0.5, 0.6) is 5.75 Å². The molecule has 88 valence electrons. The van der Waals surface area contributed by atoms with Gasteiger partial charge in [-0.2, -0.15) is 0 Å². The summed E-state index contributed by atoms with van der Waals surface area (Å²) in [6, 6.07) is 9.72. The van der Waals surface area contributed by atoms with Gasteiger partial charge in [0.2, 0.25) is 0 Å². The molecule has 0 aliphatic heterocycles. The van der Waals surface area contributed by atoms with E-state index in [1.807, 2.05) is 0 Å². The van der Waals surface area contributed by atoms with Crippen molar-refractivity contribution in [2.24, 2.45) is 0 Å². The Morgan fingerprint density at radius 2 is 1.65 bits per heavy atom. The van der Waals surface area contributed by atoms with Crippen LogP contribution >= 0.6 is 22.6 Å². The van der Waals surface area contributed by atoms with Crippen LogP contribution in [0.25, 0.3) is 11.1 Å². The largest absolute Gasteiger partial charge is 0.497 e. The summed E-state index contributed by atoms with van der Waals surface area (Å²) in [5, 5.41) is 0. The van der Waals surface area contributed by atoms with Crippen LogP contribution in [0.2, 0.25) is 0 Å². The predicted molar refractivity (Wildman–Crippen MR) is 71.1 cm³/mol. The van der Waals surface area contributed by atoms with Crippen molar-refractivity contribution in [3.05, 3.63) is 51.6 Å². The van der Waals surface area contributed by atoms with Crippen molar-refractivity contribution in [1.82, 2.24) is 0 Å². The van der Waals surface area contributed by atoms with Crippen LogP contribution in [0, 0.1) is 15.2 Å². The average Bonchev–Trinajstić information content (AvgIpc) is 2.35. The van der Waals surface area contributed by atoms with Crippen LogP contribution in [0.3, 0.4) is 0 Å². The molecule has 2 rings (SSSR count). The third kappa shape index (κ3) is 2.57. The standard InChI is InChI=1S/C13H9F2IO/c1-17-10-4-2-3-8(5-10)9-6-11(14)13(16)12(15)7-9/h2-7H,1H3. The molecule has 2 aromatic rings. The Balaban J connectivity index is 2.52. The highest BCUT2D eigenvalue weighted by atomic mass is 127. The van der Waals surface area contributed by atoms with Crippen molar-refractivity contribution in [3.63, 3.8) is 0 Å². The molecule has 0 amide bonds. The second kappa shape index (κ2) is 5.00. The lowest BCUT2D eigenvalue weighted by Gasteiger charge is -2.06. The van der Waals surface area contributed by atoms with Gasteiger partial charge in [-0.1, -0.05) is 12.1 Å². The van der Waals surface area contributed by atoms with Crippen molar-refractivity contribution in [1.29, 1.82) is 0 Å².